The van der Waals surface area contributed by atoms with Crippen molar-refractivity contribution in [1.82, 2.24) is 4.90 Å². The van der Waals surface area contributed by atoms with E-state index < -0.39 is 5.60 Å². The summed E-state index contributed by atoms with van der Waals surface area (Å²) in [5, 5.41) is 21.3. The zero-order valence-electron chi connectivity index (χ0n) is 14.7. The normalized spacial score (nSPS) is 13.9. The predicted molar refractivity (Wildman–Crippen MR) is 102 cm³/mol. The second-order valence-electron chi connectivity index (χ2n) is 6.59. The molecule has 0 radical (unpaired) electrons. The Morgan fingerprint density at radius 1 is 1.08 bits per heavy atom. The first kappa shape index (κ1) is 20.0. The molecule has 0 bridgehead atoms. The standard InChI is InChI=1S/C20H25BrFNO2/c1-23(2)12-4-3-11-20(25,16-5-8-18(22)9-6-16)19-10-7-17(21)13-15(19)14-24/h5-10,13,24-25H,3-4,11-12,14H2,1-2H3. The summed E-state index contributed by atoms with van der Waals surface area (Å²) in [5.41, 5.74) is 0.693. The van der Waals surface area contributed by atoms with Crippen LogP contribution in [0.4, 0.5) is 4.39 Å². The summed E-state index contributed by atoms with van der Waals surface area (Å²) in [7, 11) is 4.04. The molecule has 136 valence electrons. The van der Waals surface area contributed by atoms with Gasteiger partial charge in [-0.25, -0.2) is 4.39 Å². The summed E-state index contributed by atoms with van der Waals surface area (Å²) in [4.78, 5) is 2.11. The molecule has 1 atom stereocenters. The zero-order valence-corrected chi connectivity index (χ0v) is 16.3. The number of aliphatic hydroxyl groups is 2. The molecule has 2 aromatic rings. The van der Waals surface area contributed by atoms with Crippen LogP contribution in [-0.4, -0.2) is 35.8 Å². The third-order valence-electron chi connectivity index (χ3n) is 4.40. The highest BCUT2D eigenvalue weighted by Crippen LogP contribution is 2.37. The van der Waals surface area contributed by atoms with Crippen LogP contribution in [0.3, 0.4) is 0 Å². The van der Waals surface area contributed by atoms with Gasteiger partial charge < -0.3 is 15.1 Å². The van der Waals surface area contributed by atoms with Gasteiger partial charge >= 0.3 is 0 Å². The minimum atomic E-state index is -1.27. The van der Waals surface area contributed by atoms with Gasteiger partial charge in [0.05, 0.1) is 6.61 Å². The fourth-order valence-electron chi connectivity index (χ4n) is 3.07. The van der Waals surface area contributed by atoms with E-state index >= 15 is 0 Å². The maximum atomic E-state index is 13.3. The molecule has 1 unspecified atom stereocenters. The average Bonchev–Trinajstić information content (AvgIpc) is 2.58. The quantitative estimate of drug-likeness (QED) is 0.646. The predicted octanol–water partition coefficient (Wildman–Crippen LogP) is 4.05. The Hall–Kier alpha value is -1.27. The zero-order chi connectivity index (χ0) is 18.4. The lowest BCUT2D eigenvalue weighted by Gasteiger charge is -2.31. The first-order chi connectivity index (χ1) is 11.9. The first-order valence-electron chi connectivity index (χ1n) is 8.39. The van der Waals surface area contributed by atoms with Crippen LogP contribution in [-0.2, 0) is 12.2 Å². The van der Waals surface area contributed by atoms with Gasteiger partial charge in [-0.05, 0) is 80.9 Å². The van der Waals surface area contributed by atoms with Gasteiger partial charge in [-0.3, -0.25) is 0 Å². The van der Waals surface area contributed by atoms with Gasteiger partial charge in [-0.2, -0.15) is 0 Å². The smallest absolute Gasteiger partial charge is 0.123 e. The number of benzene rings is 2. The van der Waals surface area contributed by atoms with E-state index in [0.29, 0.717) is 23.1 Å². The molecule has 0 aromatic heterocycles. The van der Waals surface area contributed by atoms with Gasteiger partial charge in [0.1, 0.15) is 11.4 Å². The average molecular weight is 410 g/mol. The Bertz CT molecular complexity index is 691. The summed E-state index contributed by atoms with van der Waals surface area (Å²) in [6.45, 7) is 0.767. The van der Waals surface area contributed by atoms with Crippen molar-refractivity contribution in [3.8, 4) is 0 Å². The van der Waals surface area contributed by atoms with Crippen molar-refractivity contribution < 1.29 is 14.6 Å². The van der Waals surface area contributed by atoms with Gasteiger partial charge in [0.25, 0.3) is 0 Å². The number of hydrogen-bond acceptors (Lipinski definition) is 3. The third kappa shape index (κ3) is 5.11. The van der Waals surface area contributed by atoms with E-state index in [2.05, 4.69) is 20.8 Å². The van der Waals surface area contributed by atoms with E-state index in [9.17, 15) is 14.6 Å². The second kappa shape index (κ2) is 8.90. The Balaban J connectivity index is 2.39. The SMILES string of the molecule is CN(C)CCCCC(O)(c1ccc(F)cc1)c1ccc(Br)cc1CO. The van der Waals surface area contributed by atoms with Crippen molar-refractivity contribution in [2.45, 2.75) is 31.5 Å². The molecule has 0 heterocycles. The molecule has 0 fully saturated rings. The minimum Gasteiger partial charge on any atom is -0.392 e. The fourth-order valence-corrected chi connectivity index (χ4v) is 3.47. The summed E-state index contributed by atoms with van der Waals surface area (Å²) >= 11 is 3.40. The van der Waals surface area contributed by atoms with Crippen molar-refractivity contribution >= 4 is 15.9 Å². The fraction of sp³-hybridized carbons (Fsp3) is 0.400. The molecule has 2 aromatic carbocycles. The molecule has 25 heavy (non-hydrogen) atoms. The molecule has 0 aliphatic carbocycles. The number of rotatable bonds is 8. The second-order valence-corrected chi connectivity index (χ2v) is 7.50. The van der Waals surface area contributed by atoms with E-state index in [1.165, 1.54) is 12.1 Å². The van der Waals surface area contributed by atoms with Crippen LogP contribution >= 0.6 is 15.9 Å². The van der Waals surface area contributed by atoms with Crippen molar-refractivity contribution in [3.63, 3.8) is 0 Å². The molecular weight excluding hydrogens is 385 g/mol. The third-order valence-corrected chi connectivity index (χ3v) is 4.89. The summed E-state index contributed by atoms with van der Waals surface area (Å²) in [6.07, 6.45) is 2.26. The van der Waals surface area contributed by atoms with Gasteiger partial charge in [0.2, 0.25) is 0 Å². The Morgan fingerprint density at radius 3 is 2.36 bits per heavy atom. The van der Waals surface area contributed by atoms with Crippen molar-refractivity contribution in [2.75, 3.05) is 20.6 Å². The van der Waals surface area contributed by atoms with Gasteiger partial charge in [-0.1, -0.05) is 34.1 Å². The van der Waals surface area contributed by atoms with Crippen molar-refractivity contribution in [1.29, 1.82) is 0 Å². The van der Waals surface area contributed by atoms with Crippen molar-refractivity contribution in [2.24, 2.45) is 0 Å². The topological polar surface area (TPSA) is 43.7 Å². The van der Waals surface area contributed by atoms with E-state index in [1.54, 1.807) is 12.1 Å². The molecule has 0 amide bonds. The maximum absolute atomic E-state index is 13.3. The summed E-state index contributed by atoms with van der Waals surface area (Å²) in [6, 6.07) is 11.4. The van der Waals surface area contributed by atoms with E-state index in [0.717, 1.165) is 23.9 Å². The van der Waals surface area contributed by atoms with Gasteiger partial charge in [0, 0.05) is 4.47 Å². The summed E-state index contributed by atoms with van der Waals surface area (Å²) in [5.74, 6) is -0.336. The molecule has 0 aliphatic heterocycles. The van der Waals surface area contributed by atoms with Crippen LogP contribution in [0.15, 0.2) is 46.9 Å². The molecule has 2 N–H and O–H groups in total. The van der Waals surface area contributed by atoms with Crippen molar-refractivity contribution in [3.05, 3.63) is 69.4 Å². The van der Waals surface area contributed by atoms with Crippen LogP contribution in [0.25, 0.3) is 0 Å². The number of aliphatic hydroxyl groups excluding tert-OH is 1. The highest BCUT2D eigenvalue weighted by atomic mass is 79.9. The highest BCUT2D eigenvalue weighted by Gasteiger charge is 2.33. The lowest BCUT2D eigenvalue weighted by molar-refractivity contribution is 0.0650. The lowest BCUT2D eigenvalue weighted by Crippen LogP contribution is -2.29. The van der Waals surface area contributed by atoms with Crippen LogP contribution in [0.2, 0.25) is 0 Å². The molecule has 0 aliphatic rings. The summed E-state index contributed by atoms with van der Waals surface area (Å²) < 4.78 is 14.2. The number of hydrogen-bond donors (Lipinski definition) is 2. The van der Waals surface area contributed by atoms with E-state index in [1.807, 2.05) is 32.3 Å². The molecule has 3 nitrogen and oxygen atoms in total. The minimum absolute atomic E-state index is 0.171. The molecular formula is C20H25BrFNO2. The molecule has 0 saturated carbocycles. The molecule has 0 saturated heterocycles. The number of unbranched alkanes of at least 4 members (excludes halogenated alkanes) is 1. The Morgan fingerprint density at radius 2 is 1.76 bits per heavy atom. The Labute approximate surface area is 157 Å². The molecule has 2 rings (SSSR count). The first-order valence-corrected chi connectivity index (χ1v) is 9.19. The maximum Gasteiger partial charge on any atom is 0.123 e. The Kier molecular flexibility index (Phi) is 7.14. The number of nitrogens with zero attached hydrogens (tertiary/aromatic N) is 1. The van der Waals surface area contributed by atoms with Crippen LogP contribution in [0.5, 0.6) is 0 Å². The number of halogens is 2. The van der Waals surface area contributed by atoms with Crippen LogP contribution in [0, 0.1) is 5.82 Å². The van der Waals surface area contributed by atoms with E-state index in [-0.39, 0.29) is 12.4 Å². The monoisotopic (exact) mass is 409 g/mol. The molecule has 0 spiro atoms. The lowest BCUT2D eigenvalue weighted by atomic mass is 9.80. The van der Waals surface area contributed by atoms with E-state index in [4.69, 9.17) is 0 Å². The van der Waals surface area contributed by atoms with Gasteiger partial charge in [-0.15, -0.1) is 0 Å². The highest BCUT2D eigenvalue weighted by molar-refractivity contribution is 9.10. The molecule has 5 heteroatoms. The largest absolute Gasteiger partial charge is 0.392 e. The van der Waals surface area contributed by atoms with Crippen LogP contribution in [0.1, 0.15) is 36.0 Å². The van der Waals surface area contributed by atoms with Crippen LogP contribution < -0.4 is 0 Å². The van der Waals surface area contributed by atoms with Gasteiger partial charge in [0.15, 0.2) is 0 Å².